The largest absolute Gasteiger partial charge is 0.245 e. The molecule has 60 valence electrons. The lowest BCUT2D eigenvalue weighted by Gasteiger charge is -1.95. The average molecular weight is 196 g/mol. The van der Waals surface area contributed by atoms with Gasteiger partial charge in [-0.1, -0.05) is 17.7 Å². The molecule has 2 aromatic heterocycles. The van der Waals surface area contributed by atoms with Gasteiger partial charge in [-0.3, -0.25) is 0 Å². The van der Waals surface area contributed by atoms with Crippen LogP contribution >= 0.6 is 22.9 Å². The van der Waals surface area contributed by atoms with Crippen LogP contribution in [0.15, 0.2) is 35.8 Å². The van der Waals surface area contributed by atoms with Crippen LogP contribution in [0.4, 0.5) is 0 Å². The minimum Gasteiger partial charge on any atom is -0.245 e. The number of pyridine rings is 1. The first-order valence-corrected chi connectivity index (χ1v) is 4.77. The number of halogens is 1. The molecule has 0 bridgehead atoms. The number of rotatable bonds is 1. The Bertz CT molecular complexity index is 370. The van der Waals surface area contributed by atoms with Crippen molar-refractivity contribution in [3.8, 4) is 10.4 Å². The second-order valence-electron chi connectivity index (χ2n) is 2.34. The van der Waals surface area contributed by atoms with E-state index < -0.39 is 0 Å². The predicted octanol–water partition coefficient (Wildman–Crippen LogP) is 3.46. The van der Waals surface area contributed by atoms with Crippen molar-refractivity contribution in [2.45, 2.75) is 0 Å². The molecule has 0 aliphatic carbocycles. The molecule has 3 heteroatoms. The van der Waals surface area contributed by atoms with E-state index in [4.69, 9.17) is 11.6 Å². The van der Waals surface area contributed by atoms with Gasteiger partial charge in [0.2, 0.25) is 0 Å². The fourth-order valence-electron chi connectivity index (χ4n) is 0.999. The standard InChI is InChI=1S/C9H6ClNS/c10-9-6-7(3-4-11-9)8-2-1-5-12-8/h1-6H. The third kappa shape index (κ3) is 1.49. The van der Waals surface area contributed by atoms with Crippen molar-refractivity contribution in [2.24, 2.45) is 0 Å². The van der Waals surface area contributed by atoms with Gasteiger partial charge < -0.3 is 0 Å². The van der Waals surface area contributed by atoms with Crippen LogP contribution in [0.2, 0.25) is 5.15 Å². The van der Waals surface area contributed by atoms with Crippen molar-refractivity contribution in [1.82, 2.24) is 4.98 Å². The van der Waals surface area contributed by atoms with Crippen LogP contribution < -0.4 is 0 Å². The quantitative estimate of drug-likeness (QED) is 0.635. The molecule has 2 aromatic rings. The molecule has 0 N–H and O–H groups in total. The van der Waals surface area contributed by atoms with Gasteiger partial charge in [0.25, 0.3) is 0 Å². The van der Waals surface area contributed by atoms with Gasteiger partial charge >= 0.3 is 0 Å². The molecule has 0 aliphatic heterocycles. The normalized spacial score (nSPS) is 10.1. The molecule has 0 aliphatic rings. The molecule has 0 atom stereocenters. The van der Waals surface area contributed by atoms with Crippen LogP contribution in [0, 0.1) is 0 Å². The number of aromatic nitrogens is 1. The molecule has 2 heterocycles. The Kier molecular flexibility index (Phi) is 2.11. The minimum absolute atomic E-state index is 0.543. The van der Waals surface area contributed by atoms with E-state index >= 15 is 0 Å². The first-order chi connectivity index (χ1) is 5.86. The van der Waals surface area contributed by atoms with Crippen molar-refractivity contribution < 1.29 is 0 Å². The molecule has 1 nitrogen and oxygen atoms in total. The van der Waals surface area contributed by atoms with Crippen LogP contribution in [-0.4, -0.2) is 4.98 Å². The van der Waals surface area contributed by atoms with Crippen LogP contribution in [0.5, 0.6) is 0 Å². The highest BCUT2D eigenvalue weighted by atomic mass is 35.5. The summed E-state index contributed by atoms with van der Waals surface area (Å²) in [6.45, 7) is 0. The summed E-state index contributed by atoms with van der Waals surface area (Å²) in [5.74, 6) is 0. The third-order valence-electron chi connectivity index (χ3n) is 1.53. The molecule has 0 unspecified atom stereocenters. The molecule has 0 spiro atoms. The zero-order valence-corrected chi connectivity index (χ0v) is 7.77. The van der Waals surface area contributed by atoms with Crippen molar-refractivity contribution >= 4 is 22.9 Å². The van der Waals surface area contributed by atoms with Crippen LogP contribution in [-0.2, 0) is 0 Å². The highest BCUT2D eigenvalue weighted by Gasteiger charge is 1.98. The lowest BCUT2D eigenvalue weighted by atomic mass is 10.2. The number of nitrogens with zero attached hydrogens (tertiary/aromatic N) is 1. The van der Waals surface area contributed by atoms with Gasteiger partial charge in [0.05, 0.1) is 0 Å². The second-order valence-corrected chi connectivity index (χ2v) is 3.68. The maximum absolute atomic E-state index is 5.76. The van der Waals surface area contributed by atoms with E-state index in [-0.39, 0.29) is 0 Å². The third-order valence-corrected chi connectivity index (χ3v) is 2.66. The highest BCUT2D eigenvalue weighted by Crippen LogP contribution is 2.25. The van der Waals surface area contributed by atoms with Gasteiger partial charge in [0.1, 0.15) is 5.15 Å². The Balaban J connectivity index is 2.48. The highest BCUT2D eigenvalue weighted by molar-refractivity contribution is 7.13. The van der Waals surface area contributed by atoms with Gasteiger partial charge in [0.15, 0.2) is 0 Å². The summed E-state index contributed by atoms with van der Waals surface area (Å²) in [6, 6.07) is 7.91. The smallest absolute Gasteiger partial charge is 0.129 e. The molecule has 0 amide bonds. The molecule has 0 fully saturated rings. The van der Waals surface area contributed by atoms with E-state index in [1.165, 1.54) is 4.88 Å². The summed E-state index contributed by atoms with van der Waals surface area (Å²) in [7, 11) is 0. The van der Waals surface area contributed by atoms with Crippen LogP contribution in [0.25, 0.3) is 10.4 Å². The Hall–Kier alpha value is -0.860. The summed E-state index contributed by atoms with van der Waals surface area (Å²) in [4.78, 5) is 5.14. The lowest BCUT2D eigenvalue weighted by Crippen LogP contribution is -1.75. The van der Waals surface area contributed by atoms with Gasteiger partial charge in [-0.25, -0.2) is 4.98 Å². The Morgan fingerprint density at radius 2 is 2.25 bits per heavy atom. The van der Waals surface area contributed by atoms with E-state index in [2.05, 4.69) is 11.1 Å². The number of hydrogen-bond donors (Lipinski definition) is 0. The van der Waals surface area contributed by atoms with Gasteiger partial charge in [0, 0.05) is 11.1 Å². The zero-order chi connectivity index (χ0) is 8.39. The Labute approximate surface area is 79.7 Å². The lowest BCUT2D eigenvalue weighted by molar-refractivity contribution is 1.33. The summed E-state index contributed by atoms with van der Waals surface area (Å²) in [6.07, 6.45) is 1.72. The summed E-state index contributed by atoms with van der Waals surface area (Å²) in [5, 5.41) is 2.59. The molecule has 0 saturated heterocycles. The maximum Gasteiger partial charge on any atom is 0.129 e. The monoisotopic (exact) mass is 195 g/mol. The zero-order valence-electron chi connectivity index (χ0n) is 6.20. The first kappa shape index (κ1) is 7.77. The maximum atomic E-state index is 5.76. The molecular formula is C9H6ClNS. The summed E-state index contributed by atoms with van der Waals surface area (Å²) >= 11 is 7.45. The topological polar surface area (TPSA) is 12.9 Å². The SMILES string of the molecule is Clc1cc(-c2cccs2)ccn1. The van der Waals surface area contributed by atoms with Gasteiger partial charge in [-0.2, -0.15) is 0 Å². The van der Waals surface area contributed by atoms with Gasteiger partial charge in [-0.15, -0.1) is 11.3 Å². The number of hydrogen-bond acceptors (Lipinski definition) is 2. The van der Waals surface area contributed by atoms with E-state index in [9.17, 15) is 0 Å². The van der Waals surface area contributed by atoms with Crippen molar-refractivity contribution in [3.05, 3.63) is 41.0 Å². The molecule has 12 heavy (non-hydrogen) atoms. The molecular weight excluding hydrogens is 190 g/mol. The second kappa shape index (κ2) is 3.25. The van der Waals surface area contributed by atoms with Crippen molar-refractivity contribution in [1.29, 1.82) is 0 Å². The molecule has 0 aromatic carbocycles. The molecule has 0 radical (unpaired) electrons. The fraction of sp³-hybridized carbons (Fsp3) is 0. The van der Waals surface area contributed by atoms with Gasteiger partial charge in [-0.05, 0) is 29.1 Å². The van der Waals surface area contributed by atoms with E-state index in [0.717, 1.165) is 5.56 Å². The molecule has 0 saturated carbocycles. The van der Waals surface area contributed by atoms with Crippen LogP contribution in [0.1, 0.15) is 0 Å². The fourth-order valence-corrected chi connectivity index (χ4v) is 1.90. The number of thiophene rings is 1. The average Bonchev–Trinajstić information content (AvgIpc) is 2.56. The van der Waals surface area contributed by atoms with Crippen molar-refractivity contribution in [3.63, 3.8) is 0 Å². The van der Waals surface area contributed by atoms with E-state index in [0.29, 0.717) is 5.15 Å². The Morgan fingerprint density at radius 3 is 2.92 bits per heavy atom. The van der Waals surface area contributed by atoms with Crippen molar-refractivity contribution in [2.75, 3.05) is 0 Å². The first-order valence-electron chi connectivity index (χ1n) is 3.52. The van der Waals surface area contributed by atoms with E-state index in [1.807, 2.05) is 23.6 Å². The summed E-state index contributed by atoms with van der Waals surface area (Å²) < 4.78 is 0. The molecule has 2 rings (SSSR count). The predicted molar refractivity (Wildman–Crippen MR) is 52.6 cm³/mol. The van der Waals surface area contributed by atoms with Crippen LogP contribution in [0.3, 0.4) is 0 Å². The van der Waals surface area contributed by atoms with E-state index in [1.54, 1.807) is 17.5 Å². The Morgan fingerprint density at radius 1 is 1.33 bits per heavy atom. The summed E-state index contributed by atoms with van der Waals surface area (Å²) in [5.41, 5.74) is 1.13. The minimum atomic E-state index is 0.543.